The van der Waals surface area contributed by atoms with E-state index in [1.807, 2.05) is 30.3 Å². The molecule has 23 heavy (non-hydrogen) atoms. The normalized spacial score (nSPS) is 12.0. The number of halogens is 2. The number of anilines is 1. The maximum absolute atomic E-state index is 12.6. The Morgan fingerprint density at radius 1 is 1.09 bits per heavy atom. The molecule has 0 aliphatic rings. The van der Waals surface area contributed by atoms with Gasteiger partial charge in [0.15, 0.2) is 0 Å². The van der Waals surface area contributed by atoms with E-state index < -0.39 is 6.04 Å². The molecule has 0 radical (unpaired) electrons. The van der Waals surface area contributed by atoms with Gasteiger partial charge in [-0.2, -0.15) is 0 Å². The monoisotopic (exact) mass is 352 g/mol. The van der Waals surface area contributed by atoms with Crippen LogP contribution in [0.15, 0.2) is 48.5 Å². The van der Waals surface area contributed by atoms with Gasteiger partial charge in [0.2, 0.25) is 5.91 Å². The molecule has 6 heteroatoms. The summed E-state index contributed by atoms with van der Waals surface area (Å²) in [5.41, 5.74) is 1.38. The Kier molecular flexibility index (Phi) is 6.86. The summed E-state index contributed by atoms with van der Waals surface area (Å²) in [6.45, 7) is 0.597. The van der Waals surface area contributed by atoms with Gasteiger partial charge < -0.3 is 15.7 Å². The van der Waals surface area contributed by atoms with Gasteiger partial charge in [0.25, 0.3) is 0 Å². The minimum absolute atomic E-state index is 0.0695. The summed E-state index contributed by atoms with van der Waals surface area (Å²) in [5.74, 6) is -0.215. The van der Waals surface area contributed by atoms with Crippen LogP contribution in [0.2, 0.25) is 10.0 Å². The van der Waals surface area contributed by atoms with Crippen molar-refractivity contribution in [3.05, 3.63) is 64.1 Å². The fourth-order valence-corrected chi connectivity index (χ4v) is 2.70. The fourth-order valence-electron chi connectivity index (χ4n) is 2.17. The van der Waals surface area contributed by atoms with E-state index in [0.717, 1.165) is 5.56 Å². The highest BCUT2D eigenvalue weighted by atomic mass is 35.5. The van der Waals surface area contributed by atoms with E-state index in [9.17, 15) is 4.79 Å². The molecule has 0 aliphatic carbocycles. The lowest BCUT2D eigenvalue weighted by atomic mass is 10.1. The predicted molar refractivity (Wildman–Crippen MR) is 94.0 cm³/mol. The van der Waals surface area contributed by atoms with Crippen LogP contribution in [-0.2, 0) is 4.79 Å². The molecule has 0 aliphatic heterocycles. The minimum atomic E-state index is -0.527. The SMILES string of the molecule is O=C(Nc1cc(Cl)cc(Cl)c1)[C@@H](NCCCO)c1ccccc1. The second-order valence-corrected chi connectivity index (χ2v) is 5.90. The highest BCUT2D eigenvalue weighted by Gasteiger charge is 2.20. The number of aliphatic hydroxyl groups is 1. The van der Waals surface area contributed by atoms with E-state index in [4.69, 9.17) is 28.3 Å². The molecule has 0 saturated carbocycles. The maximum atomic E-state index is 12.6. The second-order valence-electron chi connectivity index (χ2n) is 5.02. The first kappa shape index (κ1) is 17.8. The van der Waals surface area contributed by atoms with Crippen molar-refractivity contribution in [1.82, 2.24) is 5.32 Å². The van der Waals surface area contributed by atoms with Crippen LogP contribution in [0, 0.1) is 0 Å². The molecule has 3 N–H and O–H groups in total. The number of benzene rings is 2. The smallest absolute Gasteiger partial charge is 0.246 e. The zero-order chi connectivity index (χ0) is 16.7. The Bertz CT molecular complexity index is 630. The Morgan fingerprint density at radius 3 is 2.35 bits per heavy atom. The van der Waals surface area contributed by atoms with Gasteiger partial charge in [-0.15, -0.1) is 0 Å². The molecule has 0 fully saturated rings. The summed E-state index contributed by atoms with van der Waals surface area (Å²) in [6, 6.07) is 13.8. The van der Waals surface area contributed by atoms with Gasteiger partial charge in [-0.3, -0.25) is 4.79 Å². The van der Waals surface area contributed by atoms with Crippen LogP contribution < -0.4 is 10.6 Å². The van der Waals surface area contributed by atoms with Crippen molar-refractivity contribution in [1.29, 1.82) is 0 Å². The van der Waals surface area contributed by atoms with Crippen LogP contribution >= 0.6 is 23.2 Å². The predicted octanol–water partition coefficient (Wildman–Crippen LogP) is 3.65. The van der Waals surface area contributed by atoms with Gasteiger partial charge in [0.1, 0.15) is 6.04 Å². The van der Waals surface area contributed by atoms with Crippen molar-refractivity contribution in [2.24, 2.45) is 0 Å². The highest BCUT2D eigenvalue weighted by Crippen LogP contribution is 2.23. The van der Waals surface area contributed by atoms with Gasteiger partial charge in [0.05, 0.1) is 0 Å². The Morgan fingerprint density at radius 2 is 1.74 bits per heavy atom. The molecule has 0 spiro atoms. The number of aliphatic hydroxyl groups excluding tert-OH is 1. The van der Waals surface area contributed by atoms with Gasteiger partial charge in [-0.05, 0) is 36.7 Å². The third-order valence-corrected chi connectivity index (χ3v) is 3.64. The van der Waals surface area contributed by atoms with Crippen LogP contribution in [0.1, 0.15) is 18.0 Å². The van der Waals surface area contributed by atoms with Crippen molar-refractivity contribution >= 4 is 34.8 Å². The lowest BCUT2D eigenvalue weighted by molar-refractivity contribution is -0.118. The first-order chi connectivity index (χ1) is 11.1. The summed E-state index contributed by atoms with van der Waals surface area (Å²) < 4.78 is 0. The standard InChI is InChI=1S/C17H18Cl2N2O2/c18-13-9-14(19)11-15(10-13)21-17(23)16(20-7-4-8-22)12-5-2-1-3-6-12/h1-3,5-6,9-11,16,20,22H,4,7-8H2,(H,21,23)/t16-/m0/s1. The lowest BCUT2D eigenvalue weighted by Gasteiger charge is -2.19. The average molecular weight is 353 g/mol. The maximum Gasteiger partial charge on any atom is 0.246 e. The van der Waals surface area contributed by atoms with Crippen molar-refractivity contribution in [2.45, 2.75) is 12.5 Å². The third kappa shape index (κ3) is 5.52. The van der Waals surface area contributed by atoms with E-state index in [1.165, 1.54) is 0 Å². The molecule has 0 bridgehead atoms. The molecular weight excluding hydrogens is 335 g/mol. The lowest BCUT2D eigenvalue weighted by Crippen LogP contribution is -2.33. The Balaban J connectivity index is 2.15. The number of carbonyl (C=O) groups is 1. The first-order valence-electron chi connectivity index (χ1n) is 7.26. The van der Waals surface area contributed by atoms with Gasteiger partial charge in [-0.1, -0.05) is 53.5 Å². The molecule has 0 saturated heterocycles. The first-order valence-corrected chi connectivity index (χ1v) is 8.02. The zero-order valence-electron chi connectivity index (χ0n) is 12.4. The number of hydrogen-bond donors (Lipinski definition) is 3. The summed E-state index contributed by atoms with van der Waals surface area (Å²) >= 11 is 11.9. The summed E-state index contributed by atoms with van der Waals surface area (Å²) in [4.78, 5) is 12.6. The van der Waals surface area contributed by atoms with Gasteiger partial charge >= 0.3 is 0 Å². The van der Waals surface area contributed by atoms with Crippen LogP contribution in [0.25, 0.3) is 0 Å². The van der Waals surface area contributed by atoms with Crippen molar-refractivity contribution < 1.29 is 9.90 Å². The highest BCUT2D eigenvalue weighted by molar-refractivity contribution is 6.35. The molecule has 2 aromatic carbocycles. The molecule has 4 nitrogen and oxygen atoms in total. The summed E-state index contributed by atoms with van der Waals surface area (Å²) in [7, 11) is 0. The number of rotatable bonds is 7. The number of amides is 1. The fraction of sp³-hybridized carbons (Fsp3) is 0.235. The van der Waals surface area contributed by atoms with E-state index in [0.29, 0.717) is 28.7 Å². The average Bonchev–Trinajstić information content (AvgIpc) is 2.51. The molecule has 1 atom stereocenters. The van der Waals surface area contributed by atoms with Crippen LogP contribution in [0.3, 0.4) is 0 Å². The van der Waals surface area contributed by atoms with Crippen LogP contribution in [-0.4, -0.2) is 24.2 Å². The molecule has 122 valence electrons. The molecule has 0 unspecified atom stereocenters. The molecular formula is C17H18Cl2N2O2. The Hall–Kier alpha value is -1.59. The number of hydrogen-bond acceptors (Lipinski definition) is 3. The van der Waals surface area contributed by atoms with Gasteiger partial charge in [0, 0.05) is 22.3 Å². The molecule has 2 aromatic rings. The molecule has 1 amide bonds. The van der Waals surface area contributed by atoms with E-state index in [1.54, 1.807) is 18.2 Å². The third-order valence-electron chi connectivity index (χ3n) is 3.21. The second kappa shape index (κ2) is 8.89. The van der Waals surface area contributed by atoms with Gasteiger partial charge in [-0.25, -0.2) is 0 Å². The quantitative estimate of drug-likeness (QED) is 0.666. The summed E-state index contributed by atoms with van der Waals surface area (Å²) in [5, 5.41) is 15.8. The zero-order valence-corrected chi connectivity index (χ0v) is 13.9. The van der Waals surface area contributed by atoms with Crippen LogP contribution in [0.4, 0.5) is 5.69 Å². The number of nitrogens with one attached hydrogen (secondary N) is 2. The van der Waals surface area contributed by atoms with Crippen molar-refractivity contribution in [3.8, 4) is 0 Å². The van der Waals surface area contributed by atoms with Crippen molar-refractivity contribution in [2.75, 3.05) is 18.5 Å². The molecule has 2 rings (SSSR count). The largest absolute Gasteiger partial charge is 0.396 e. The molecule has 0 aromatic heterocycles. The topological polar surface area (TPSA) is 61.4 Å². The summed E-state index contributed by atoms with van der Waals surface area (Å²) in [6.07, 6.45) is 0.569. The van der Waals surface area contributed by atoms with E-state index in [2.05, 4.69) is 10.6 Å². The van der Waals surface area contributed by atoms with E-state index in [-0.39, 0.29) is 12.5 Å². The number of carbonyl (C=O) groups excluding carboxylic acids is 1. The minimum Gasteiger partial charge on any atom is -0.396 e. The molecule has 0 heterocycles. The van der Waals surface area contributed by atoms with Crippen molar-refractivity contribution in [3.63, 3.8) is 0 Å². The van der Waals surface area contributed by atoms with E-state index >= 15 is 0 Å². The Labute approximate surface area is 145 Å². The van der Waals surface area contributed by atoms with Crippen LogP contribution in [0.5, 0.6) is 0 Å².